The zero-order chi connectivity index (χ0) is 16.8. The molecular formula is C23H17NO. The highest BCUT2D eigenvalue weighted by atomic mass is 16.3. The maximum Gasteiger partial charge on any atom is 0.135 e. The van der Waals surface area contributed by atoms with E-state index in [1.54, 1.807) is 0 Å². The van der Waals surface area contributed by atoms with Gasteiger partial charge in [-0.2, -0.15) is 0 Å². The molecule has 0 atom stereocenters. The Labute approximate surface area is 145 Å². The van der Waals surface area contributed by atoms with Gasteiger partial charge < -0.3 is 9.32 Å². The van der Waals surface area contributed by atoms with Gasteiger partial charge in [0.25, 0.3) is 0 Å². The van der Waals surface area contributed by atoms with E-state index in [2.05, 4.69) is 84.7 Å². The molecule has 0 bridgehead atoms. The first-order chi connectivity index (χ1) is 12.3. The molecule has 5 rings (SSSR count). The number of rotatable bonds is 2. The molecule has 0 aliphatic rings. The fraction of sp³-hybridized carbons (Fsp3) is 0.0435. The Hall–Kier alpha value is -3.26. The summed E-state index contributed by atoms with van der Waals surface area (Å²) in [5.74, 6) is 0. The molecular weight excluding hydrogens is 306 g/mol. The Bertz CT molecular complexity index is 1220. The number of furan rings is 1. The van der Waals surface area contributed by atoms with Crippen LogP contribution in [0.3, 0.4) is 0 Å². The Morgan fingerprint density at radius 3 is 2.20 bits per heavy atom. The lowest BCUT2D eigenvalue weighted by Crippen LogP contribution is -2.08. The predicted octanol–water partition coefficient (Wildman–Crippen LogP) is 6.51. The van der Waals surface area contributed by atoms with E-state index in [1.165, 1.54) is 16.5 Å². The lowest BCUT2D eigenvalue weighted by atomic mass is 10.1. The van der Waals surface area contributed by atoms with E-state index >= 15 is 0 Å². The van der Waals surface area contributed by atoms with E-state index in [-0.39, 0.29) is 0 Å². The third-order valence-corrected chi connectivity index (χ3v) is 4.87. The highest BCUT2D eigenvalue weighted by Gasteiger charge is 2.10. The van der Waals surface area contributed by atoms with E-state index in [0.717, 1.165) is 27.6 Å². The minimum absolute atomic E-state index is 0.928. The molecule has 2 nitrogen and oxygen atoms in total. The van der Waals surface area contributed by atoms with Gasteiger partial charge in [-0.25, -0.2) is 0 Å². The van der Waals surface area contributed by atoms with Gasteiger partial charge in [0.2, 0.25) is 0 Å². The SMILES string of the molecule is CN(c1ccc2ccccc2c1)c1ccc2oc3ccccc3c2c1. The molecule has 0 amide bonds. The van der Waals surface area contributed by atoms with Crippen LogP contribution in [0.4, 0.5) is 11.4 Å². The van der Waals surface area contributed by atoms with Crippen molar-refractivity contribution in [3.05, 3.63) is 84.9 Å². The van der Waals surface area contributed by atoms with Crippen LogP contribution in [-0.4, -0.2) is 7.05 Å². The van der Waals surface area contributed by atoms with Crippen molar-refractivity contribution < 1.29 is 4.42 Å². The molecule has 5 aromatic rings. The fourth-order valence-electron chi connectivity index (χ4n) is 3.46. The van der Waals surface area contributed by atoms with Crippen molar-refractivity contribution in [2.24, 2.45) is 0 Å². The van der Waals surface area contributed by atoms with Gasteiger partial charge in [-0.3, -0.25) is 0 Å². The van der Waals surface area contributed by atoms with Crippen molar-refractivity contribution in [2.75, 3.05) is 11.9 Å². The second kappa shape index (κ2) is 5.38. The lowest BCUT2D eigenvalue weighted by molar-refractivity contribution is 0.669. The van der Waals surface area contributed by atoms with Crippen LogP contribution in [0.5, 0.6) is 0 Å². The number of hydrogen-bond acceptors (Lipinski definition) is 2. The third kappa shape index (κ3) is 2.26. The maximum absolute atomic E-state index is 5.93. The van der Waals surface area contributed by atoms with Gasteiger partial charge in [-0.15, -0.1) is 0 Å². The molecule has 0 N–H and O–H groups in total. The van der Waals surface area contributed by atoms with Gasteiger partial charge in [-0.05, 0) is 47.2 Å². The Balaban J connectivity index is 1.64. The van der Waals surface area contributed by atoms with Crippen molar-refractivity contribution in [1.29, 1.82) is 0 Å². The lowest BCUT2D eigenvalue weighted by Gasteiger charge is -2.20. The standard InChI is InChI=1S/C23H17NO/c1-24(18-11-10-16-6-2-3-7-17(16)14-18)19-12-13-23-21(15-19)20-8-4-5-9-22(20)25-23/h2-15H,1H3. The smallest absolute Gasteiger partial charge is 0.135 e. The summed E-state index contributed by atoms with van der Waals surface area (Å²) in [6.07, 6.45) is 0. The maximum atomic E-state index is 5.93. The molecule has 0 aliphatic heterocycles. The summed E-state index contributed by atoms with van der Waals surface area (Å²) in [6.45, 7) is 0. The number of fused-ring (bicyclic) bond motifs is 4. The normalized spacial score (nSPS) is 11.4. The first kappa shape index (κ1) is 14.1. The quantitative estimate of drug-likeness (QED) is 0.368. The van der Waals surface area contributed by atoms with E-state index in [0.29, 0.717) is 0 Å². The summed E-state index contributed by atoms with van der Waals surface area (Å²) < 4.78 is 5.93. The van der Waals surface area contributed by atoms with Crippen molar-refractivity contribution in [1.82, 2.24) is 0 Å². The average Bonchev–Trinajstić information content (AvgIpc) is 3.05. The summed E-state index contributed by atoms with van der Waals surface area (Å²) in [5, 5.41) is 4.82. The number of para-hydroxylation sites is 1. The van der Waals surface area contributed by atoms with Crippen molar-refractivity contribution in [3.8, 4) is 0 Å². The van der Waals surface area contributed by atoms with Gasteiger partial charge >= 0.3 is 0 Å². The number of anilines is 2. The molecule has 120 valence electrons. The van der Waals surface area contributed by atoms with E-state index in [4.69, 9.17) is 4.42 Å². The zero-order valence-electron chi connectivity index (χ0n) is 13.9. The van der Waals surface area contributed by atoms with Crippen molar-refractivity contribution >= 4 is 44.1 Å². The van der Waals surface area contributed by atoms with Crippen LogP contribution in [0, 0.1) is 0 Å². The van der Waals surface area contributed by atoms with Crippen LogP contribution in [0.25, 0.3) is 32.7 Å². The highest BCUT2D eigenvalue weighted by molar-refractivity contribution is 6.06. The summed E-state index contributed by atoms with van der Waals surface area (Å²) >= 11 is 0. The number of benzene rings is 4. The van der Waals surface area contributed by atoms with Gasteiger partial charge in [0.15, 0.2) is 0 Å². The Kier molecular flexibility index (Phi) is 3.04. The summed E-state index contributed by atoms with van der Waals surface area (Å²) in [6, 6.07) is 29.6. The topological polar surface area (TPSA) is 16.4 Å². The molecule has 25 heavy (non-hydrogen) atoms. The zero-order valence-corrected chi connectivity index (χ0v) is 13.9. The molecule has 0 fully saturated rings. The summed E-state index contributed by atoms with van der Waals surface area (Å²) in [5.41, 5.74) is 4.18. The van der Waals surface area contributed by atoms with Crippen LogP contribution in [0.2, 0.25) is 0 Å². The molecule has 0 unspecified atom stereocenters. The van der Waals surface area contributed by atoms with Crippen LogP contribution >= 0.6 is 0 Å². The third-order valence-electron chi connectivity index (χ3n) is 4.87. The number of hydrogen-bond donors (Lipinski definition) is 0. The Morgan fingerprint density at radius 1 is 0.600 bits per heavy atom. The molecule has 0 aliphatic carbocycles. The van der Waals surface area contributed by atoms with Crippen molar-refractivity contribution in [3.63, 3.8) is 0 Å². The Morgan fingerprint density at radius 2 is 1.28 bits per heavy atom. The van der Waals surface area contributed by atoms with Crippen LogP contribution in [0.15, 0.2) is 89.3 Å². The molecule has 0 spiro atoms. The first-order valence-corrected chi connectivity index (χ1v) is 8.43. The summed E-state index contributed by atoms with van der Waals surface area (Å²) in [4.78, 5) is 2.22. The molecule has 1 aromatic heterocycles. The van der Waals surface area contributed by atoms with Crippen LogP contribution < -0.4 is 4.90 Å². The molecule has 0 saturated carbocycles. The van der Waals surface area contributed by atoms with Gasteiger partial charge in [0.1, 0.15) is 11.2 Å². The second-order valence-electron chi connectivity index (χ2n) is 6.37. The molecule has 2 heteroatoms. The monoisotopic (exact) mass is 323 g/mol. The van der Waals surface area contributed by atoms with Crippen LogP contribution in [-0.2, 0) is 0 Å². The average molecular weight is 323 g/mol. The van der Waals surface area contributed by atoms with Crippen LogP contribution in [0.1, 0.15) is 0 Å². The van der Waals surface area contributed by atoms with Gasteiger partial charge in [0, 0.05) is 29.2 Å². The molecule has 0 saturated heterocycles. The highest BCUT2D eigenvalue weighted by Crippen LogP contribution is 2.34. The summed E-state index contributed by atoms with van der Waals surface area (Å²) in [7, 11) is 2.10. The van der Waals surface area contributed by atoms with E-state index in [1.807, 2.05) is 12.1 Å². The molecule has 1 heterocycles. The molecule has 4 aromatic carbocycles. The largest absolute Gasteiger partial charge is 0.456 e. The second-order valence-corrected chi connectivity index (χ2v) is 6.37. The van der Waals surface area contributed by atoms with Crippen molar-refractivity contribution in [2.45, 2.75) is 0 Å². The first-order valence-electron chi connectivity index (χ1n) is 8.43. The minimum Gasteiger partial charge on any atom is -0.456 e. The minimum atomic E-state index is 0.928. The fourth-order valence-corrected chi connectivity index (χ4v) is 3.46. The molecule has 0 radical (unpaired) electrons. The van der Waals surface area contributed by atoms with E-state index in [9.17, 15) is 0 Å². The van der Waals surface area contributed by atoms with Gasteiger partial charge in [-0.1, -0.05) is 48.5 Å². The number of nitrogens with zero attached hydrogens (tertiary/aromatic N) is 1. The van der Waals surface area contributed by atoms with Gasteiger partial charge in [0.05, 0.1) is 0 Å². The van der Waals surface area contributed by atoms with E-state index < -0.39 is 0 Å². The predicted molar refractivity (Wildman–Crippen MR) is 106 cm³/mol.